The summed E-state index contributed by atoms with van der Waals surface area (Å²) in [7, 11) is 1.51. The van der Waals surface area contributed by atoms with Crippen molar-refractivity contribution in [1.29, 1.82) is 0 Å². The predicted molar refractivity (Wildman–Crippen MR) is 124 cm³/mol. The quantitative estimate of drug-likeness (QED) is 0.516. The van der Waals surface area contributed by atoms with Gasteiger partial charge in [-0.1, -0.05) is 44.2 Å². The number of nitrogens with zero attached hydrogens (tertiary/aromatic N) is 1. The number of likely N-dealkylation sites (N-methyl/N-ethyl adjacent to an activating group) is 1. The van der Waals surface area contributed by atoms with E-state index in [1.54, 1.807) is 65.8 Å². The minimum atomic E-state index is -0.956. The van der Waals surface area contributed by atoms with E-state index < -0.39 is 41.6 Å². The molecule has 0 radical (unpaired) electrons. The summed E-state index contributed by atoms with van der Waals surface area (Å²) < 4.78 is 10.2. The Morgan fingerprint density at radius 3 is 2.18 bits per heavy atom. The van der Waals surface area contributed by atoms with Crippen LogP contribution in [0.2, 0.25) is 0 Å². The Kier molecular flexibility index (Phi) is 10.8. The molecular formula is C24H37N3O6. The average Bonchev–Trinajstić information content (AvgIpc) is 2.71. The summed E-state index contributed by atoms with van der Waals surface area (Å²) in [4.78, 5) is 51.6. The lowest BCUT2D eigenvalue weighted by Gasteiger charge is -2.33. The molecule has 0 fully saturated rings. The van der Waals surface area contributed by atoms with Crippen molar-refractivity contribution >= 4 is 23.9 Å². The monoisotopic (exact) mass is 463 g/mol. The molecule has 0 aliphatic carbocycles. The third-order valence-electron chi connectivity index (χ3n) is 4.64. The summed E-state index contributed by atoms with van der Waals surface area (Å²) in [6, 6.07) is 6.97. The van der Waals surface area contributed by atoms with Gasteiger partial charge in [0.15, 0.2) is 0 Å². The van der Waals surface area contributed by atoms with Crippen LogP contribution in [-0.4, -0.2) is 60.6 Å². The molecule has 0 aromatic heterocycles. The minimum absolute atomic E-state index is 0.0214. The number of rotatable bonds is 10. The highest BCUT2D eigenvalue weighted by atomic mass is 16.6. The zero-order valence-electron chi connectivity index (χ0n) is 20.6. The van der Waals surface area contributed by atoms with Gasteiger partial charge in [-0.2, -0.15) is 0 Å². The maximum absolute atomic E-state index is 13.4. The van der Waals surface area contributed by atoms with Crippen molar-refractivity contribution in [2.75, 3.05) is 20.2 Å². The van der Waals surface area contributed by atoms with Gasteiger partial charge in [0.05, 0.1) is 13.0 Å². The van der Waals surface area contributed by atoms with Crippen LogP contribution in [-0.2, 0) is 23.9 Å². The average molecular weight is 464 g/mol. The number of carbonyl (C=O) groups is 4. The minimum Gasteiger partial charge on any atom is -0.466 e. The second-order valence-corrected chi connectivity index (χ2v) is 8.98. The number of benzene rings is 1. The first kappa shape index (κ1) is 27.9. The van der Waals surface area contributed by atoms with Gasteiger partial charge >= 0.3 is 12.1 Å². The molecule has 184 valence electrons. The van der Waals surface area contributed by atoms with Crippen molar-refractivity contribution in [3.8, 4) is 0 Å². The molecule has 0 aliphatic heterocycles. The lowest BCUT2D eigenvalue weighted by molar-refractivity contribution is -0.144. The molecule has 2 unspecified atom stereocenters. The van der Waals surface area contributed by atoms with Gasteiger partial charge in [-0.3, -0.25) is 14.4 Å². The summed E-state index contributed by atoms with van der Waals surface area (Å²) >= 11 is 0. The van der Waals surface area contributed by atoms with Gasteiger partial charge < -0.3 is 25.0 Å². The molecule has 2 atom stereocenters. The van der Waals surface area contributed by atoms with Crippen LogP contribution in [0.4, 0.5) is 4.79 Å². The standard InChI is InChI=1S/C24H37N3O6/c1-8-32-18(28)14-15-25-21(29)20(17-12-10-9-11-13-17)27(7)22(30)19(16(2)3)26-23(31)33-24(4,5)6/h9-13,16,19-20H,8,14-15H2,1-7H3,(H,25,29)(H,26,31). The Morgan fingerprint density at radius 1 is 1.06 bits per heavy atom. The molecule has 0 saturated carbocycles. The lowest BCUT2D eigenvalue weighted by atomic mass is 9.99. The maximum atomic E-state index is 13.4. The molecule has 0 spiro atoms. The molecule has 0 bridgehead atoms. The van der Waals surface area contributed by atoms with Crippen molar-refractivity contribution in [2.24, 2.45) is 5.92 Å². The molecule has 0 saturated heterocycles. The van der Waals surface area contributed by atoms with E-state index in [-0.39, 0.29) is 25.5 Å². The van der Waals surface area contributed by atoms with Crippen LogP contribution in [0, 0.1) is 5.92 Å². The highest BCUT2D eigenvalue weighted by Crippen LogP contribution is 2.22. The summed E-state index contributed by atoms with van der Waals surface area (Å²) in [6.45, 7) is 10.8. The highest BCUT2D eigenvalue weighted by molar-refractivity contribution is 5.92. The van der Waals surface area contributed by atoms with Crippen molar-refractivity contribution < 1.29 is 28.7 Å². The van der Waals surface area contributed by atoms with Gasteiger partial charge in [-0.05, 0) is 39.2 Å². The van der Waals surface area contributed by atoms with E-state index in [2.05, 4.69) is 10.6 Å². The van der Waals surface area contributed by atoms with Crippen LogP contribution in [0.25, 0.3) is 0 Å². The van der Waals surface area contributed by atoms with E-state index in [1.165, 1.54) is 11.9 Å². The Hall–Kier alpha value is -3.10. The molecule has 0 heterocycles. The fraction of sp³-hybridized carbons (Fsp3) is 0.583. The first-order valence-corrected chi connectivity index (χ1v) is 11.1. The number of hydrogen-bond acceptors (Lipinski definition) is 6. The van der Waals surface area contributed by atoms with E-state index in [1.807, 2.05) is 6.07 Å². The van der Waals surface area contributed by atoms with Crippen molar-refractivity contribution in [1.82, 2.24) is 15.5 Å². The van der Waals surface area contributed by atoms with E-state index in [9.17, 15) is 19.2 Å². The summed E-state index contributed by atoms with van der Waals surface area (Å²) in [5, 5.41) is 5.33. The van der Waals surface area contributed by atoms with Crippen molar-refractivity contribution in [3.63, 3.8) is 0 Å². The Bertz CT molecular complexity index is 804. The zero-order chi connectivity index (χ0) is 25.2. The Labute approximate surface area is 196 Å². The molecule has 1 rings (SSSR count). The third-order valence-corrected chi connectivity index (χ3v) is 4.64. The molecule has 2 N–H and O–H groups in total. The number of amides is 3. The largest absolute Gasteiger partial charge is 0.466 e. The van der Waals surface area contributed by atoms with Gasteiger partial charge in [-0.25, -0.2) is 4.79 Å². The fourth-order valence-electron chi connectivity index (χ4n) is 3.10. The highest BCUT2D eigenvalue weighted by Gasteiger charge is 2.35. The Balaban J connectivity index is 3.06. The second kappa shape index (κ2) is 12.8. The molecule has 9 nitrogen and oxygen atoms in total. The fourth-order valence-corrected chi connectivity index (χ4v) is 3.10. The number of hydrogen-bond donors (Lipinski definition) is 2. The molecule has 33 heavy (non-hydrogen) atoms. The van der Waals surface area contributed by atoms with Crippen LogP contribution in [0.1, 0.15) is 59.6 Å². The van der Waals surface area contributed by atoms with E-state index in [0.29, 0.717) is 5.56 Å². The number of nitrogens with one attached hydrogen (secondary N) is 2. The van der Waals surface area contributed by atoms with Gasteiger partial charge in [0.25, 0.3) is 0 Å². The van der Waals surface area contributed by atoms with Gasteiger partial charge in [0.1, 0.15) is 17.7 Å². The van der Waals surface area contributed by atoms with E-state index in [4.69, 9.17) is 9.47 Å². The topological polar surface area (TPSA) is 114 Å². The summed E-state index contributed by atoms with van der Waals surface area (Å²) in [5.41, 5.74) is -0.117. The molecule has 1 aromatic rings. The first-order valence-electron chi connectivity index (χ1n) is 11.1. The number of esters is 1. The maximum Gasteiger partial charge on any atom is 0.408 e. The van der Waals surface area contributed by atoms with Crippen LogP contribution in [0.15, 0.2) is 30.3 Å². The SMILES string of the molecule is CCOC(=O)CCNC(=O)C(c1ccccc1)N(C)C(=O)C(NC(=O)OC(C)(C)C)C(C)C. The van der Waals surface area contributed by atoms with Crippen LogP contribution < -0.4 is 10.6 Å². The summed E-state index contributed by atoms with van der Waals surface area (Å²) in [5.74, 6) is -1.55. The smallest absolute Gasteiger partial charge is 0.408 e. The van der Waals surface area contributed by atoms with Gasteiger partial charge in [0, 0.05) is 13.6 Å². The van der Waals surface area contributed by atoms with Crippen molar-refractivity contribution in [2.45, 2.75) is 65.6 Å². The molecular weight excluding hydrogens is 426 g/mol. The number of alkyl carbamates (subject to hydrolysis) is 1. The Morgan fingerprint density at radius 2 is 1.67 bits per heavy atom. The number of carbonyl (C=O) groups excluding carboxylic acids is 4. The third kappa shape index (κ3) is 9.51. The molecule has 0 aliphatic rings. The second-order valence-electron chi connectivity index (χ2n) is 8.98. The number of ether oxygens (including phenoxy) is 2. The normalized spacial score (nSPS) is 13.0. The molecule has 1 aromatic carbocycles. The molecule has 3 amide bonds. The van der Waals surface area contributed by atoms with E-state index >= 15 is 0 Å². The lowest BCUT2D eigenvalue weighted by Crippen LogP contribution is -2.53. The van der Waals surface area contributed by atoms with E-state index in [0.717, 1.165) is 0 Å². The predicted octanol–water partition coefficient (Wildman–Crippen LogP) is 2.80. The molecule has 9 heteroatoms. The summed E-state index contributed by atoms with van der Waals surface area (Å²) in [6.07, 6.45) is -0.689. The van der Waals surface area contributed by atoms with Crippen LogP contribution >= 0.6 is 0 Å². The zero-order valence-corrected chi connectivity index (χ0v) is 20.6. The van der Waals surface area contributed by atoms with Crippen molar-refractivity contribution in [3.05, 3.63) is 35.9 Å². The van der Waals surface area contributed by atoms with Crippen LogP contribution in [0.5, 0.6) is 0 Å². The van der Waals surface area contributed by atoms with Crippen LogP contribution in [0.3, 0.4) is 0 Å². The van der Waals surface area contributed by atoms with Gasteiger partial charge in [-0.15, -0.1) is 0 Å². The van der Waals surface area contributed by atoms with Gasteiger partial charge in [0.2, 0.25) is 11.8 Å². The first-order chi connectivity index (χ1) is 15.4.